The van der Waals surface area contributed by atoms with E-state index in [2.05, 4.69) is 53.3 Å². The molecule has 1 N–H and O–H groups in total. The summed E-state index contributed by atoms with van der Waals surface area (Å²) in [5.41, 5.74) is 2.43. The van der Waals surface area contributed by atoms with E-state index in [1.807, 2.05) is 0 Å². The summed E-state index contributed by atoms with van der Waals surface area (Å²) in [5, 5.41) is 3.73. The van der Waals surface area contributed by atoms with Gasteiger partial charge in [-0.2, -0.15) is 0 Å². The smallest absolute Gasteiger partial charge is 0.0744 e. The maximum atomic E-state index is 5.31. The Bertz CT molecular complexity index is 411. The van der Waals surface area contributed by atoms with E-state index < -0.39 is 0 Å². The molecule has 0 spiro atoms. The second-order valence-electron chi connectivity index (χ2n) is 5.96. The predicted octanol–water partition coefficient (Wildman–Crippen LogP) is 4.83. The summed E-state index contributed by atoms with van der Waals surface area (Å²) in [7, 11) is 1.74. The van der Waals surface area contributed by atoms with Crippen molar-refractivity contribution in [3.05, 3.63) is 28.2 Å². The Hall–Kier alpha value is -0.540. The molecule has 3 heteroatoms. The minimum absolute atomic E-state index is 0.587. The minimum Gasteiger partial charge on any atom is -0.382 e. The van der Waals surface area contributed by atoms with E-state index in [9.17, 15) is 0 Å². The number of benzene rings is 1. The van der Waals surface area contributed by atoms with Gasteiger partial charge in [0.2, 0.25) is 0 Å². The van der Waals surface area contributed by atoms with E-state index in [0.717, 1.165) is 16.3 Å². The van der Waals surface area contributed by atoms with Crippen molar-refractivity contribution in [3.8, 4) is 0 Å². The lowest BCUT2D eigenvalue weighted by molar-refractivity contribution is 0.184. The van der Waals surface area contributed by atoms with Crippen LogP contribution in [-0.4, -0.2) is 13.2 Å². The summed E-state index contributed by atoms with van der Waals surface area (Å²) >= 11 is 3.62. The molecule has 1 aromatic carbocycles. The largest absolute Gasteiger partial charge is 0.382 e. The van der Waals surface area contributed by atoms with Crippen LogP contribution in [0.4, 0.5) is 5.69 Å². The fourth-order valence-electron chi connectivity index (χ4n) is 3.27. The zero-order valence-electron chi connectivity index (χ0n) is 12.1. The van der Waals surface area contributed by atoms with Crippen LogP contribution in [0.25, 0.3) is 0 Å². The molecule has 1 aliphatic rings. The molecule has 0 saturated heterocycles. The number of hydrogen-bond donors (Lipinski definition) is 1. The number of nitrogens with one attached hydrogen (secondary N) is 1. The van der Waals surface area contributed by atoms with Crippen LogP contribution < -0.4 is 5.32 Å². The Labute approximate surface area is 125 Å². The van der Waals surface area contributed by atoms with Gasteiger partial charge in [-0.05, 0) is 43.2 Å². The molecule has 19 heavy (non-hydrogen) atoms. The first-order valence-corrected chi connectivity index (χ1v) is 7.92. The molecule has 2 nitrogen and oxygen atoms in total. The average Bonchev–Trinajstić information content (AvgIpc) is 2.32. The number of halogens is 1. The minimum atomic E-state index is 0.587. The number of hydrogen-bond acceptors (Lipinski definition) is 2. The second kappa shape index (κ2) is 6.76. The lowest BCUT2D eigenvalue weighted by Gasteiger charge is -2.33. The lowest BCUT2D eigenvalue weighted by Crippen LogP contribution is -2.30. The Morgan fingerprint density at radius 2 is 1.89 bits per heavy atom. The second-order valence-corrected chi connectivity index (χ2v) is 6.81. The predicted molar refractivity (Wildman–Crippen MR) is 84.4 cm³/mol. The van der Waals surface area contributed by atoms with Gasteiger partial charge in [0.1, 0.15) is 0 Å². The fourth-order valence-corrected chi connectivity index (χ4v) is 3.75. The first-order valence-electron chi connectivity index (χ1n) is 7.13. The maximum Gasteiger partial charge on any atom is 0.0744 e. The molecule has 106 valence electrons. The highest BCUT2D eigenvalue weighted by Gasteiger charge is 2.24. The highest BCUT2D eigenvalue weighted by molar-refractivity contribution is 9.10. The summed E-state index contributed by atoms with van der Waals surface area (Å²) in [5.74, 6) is 1.64. The Morgan fingerprint density at radius 3 is 2.53 bits per heavy atom. The number of rotatable bonds is 4. The van der Waals surface area contributed by atoms with E-state index in [1.165, 1.54) is 30.5 Å². The van der Waals surface area contributed by atoms with Crippen molar-refractivity contribution in [1.82, 2.24) is 0 Å². The molecule has 1 aromatic rings. The van der Waals surface area contributed by atoms with Gasteiger partial charge >= 0.3 is 0 Å². The monoisotopic (exact) mass is 325 g/mol. The molecule has 2 rings (SSSR count). The normalized spacial score (nSPS) is 27.3. The molecule has 0 aliphatic heterocycles. The molecular formula is C16H24BrNO. The highest BCUT2D eigenvalue weighted by atomic mass is 79.9. The Balaban J connectivity index is 2.12. The molecule has 0 amide bonds. The zero-order chi connectivity index (χ0) is 13.8. The SMILES string of the molecule is COCc1c(Br)cccc1NC1CC(C)CC(C)C1. The summed E-state index contributed by atoms with van der Waals surface area (Å²) in [6.45, 7) is 5.37. The molecule has 0 heterocycles. The van der Waals surface area contributed by atoms with Crippen molar-refractivity contribution in [2.75, 3.05) is 12.4 Å². The molecule has 1 saturated carbocycles. The standard InChI is InChI=1S/C16H24BrNO/c1-11-7-12(2)9-13(8-11)18-16-6-4-5-15(17)14(16)10-19-3/h4-6,11-13,18H,7-10H2,1-3H3. The van der Waals surface area contributed by atoms with Gasteiger partial charge in [-0.25, -0.2) is 0 Å². The van der Waals surface area contributed by atoms with E-state index in [-0.39, 0.29) is 0 Å². The third-order valence-corrected chi connectivity index (χ3v) is 4.69. The van der Waals surface area contributed by atoms with Gasteiger partial charge in [-0.1, -0.05) is 35.8 Å². The molecule has 0 bridgehead atoms. The third kappa shape index (κ3) is 3.96. The van der Waals surface area contributed by atoms with Crippen LogP contribution in [-0.2, 0) is 11.3 Å². The van der Waals surface area contributed by atoms with E-state index in [0.29, 0.717) is 12.6 Å². The van der Waals surface area contributed by atoms with Crippen LogP contribution in [0.3, 0.4) is 0 Å². The van der Waals surface area contributed by atoms with Gasteiger partial charge in [0.05, 0.1) is 6.61 Å². The Kier molecular flexibility index (Phi) is 5.28. The number of anilines is 1. The molecule has 2 unspecified atom stereocenters. The van der Waals surface area contributed by atoms with Crippen molar-refractivity contribution in [3.63, 3.8) is 0 Å². The van der Waals surface area contributed by atoms with Crippen molar-refractivity contribution in [2.24, 2.45) is 11.8 Å². The topological polar surface area (TPSA) is 21.3 Å². The third-order valence-electron chi connectivity index (χ3n) is 3.95. The van der Waals surface area contributed by atoms with Crippen molar-refractivity contribution >= 4 is 21.6 Å². The van der Waals surface area contributed by atoms with Crippen LogP contribution in [0.2, 0.25) is 0 Å². The highest BCUT2D eigenvalue weighted by Crippen LogP contribution is 2.32. The van der Waals surface area contributed by atoms with Crippen LogP contribution in [0, 0.1) is 11.8 Å². The molecular weight excluding hydrogens is 302 g/mol. The first kappa shape index (κ1) is 14.9. The lowest BCUT2D eigenvalue weighted by atomic mass is 9.80. The molecule has 0 aromatic heterocycles. The van der Waals surface area contributed by atoms with Crippen LogP contribution >= 0.6 is 15.9 Å². The van der Waals surface area contributed by atoms with Crippen LogP contribution in [0.5, 0.6) is 0 Å². The zero-order valence-corrected chi connectivity index (χ0v) is 13.7. The summed E-state index contributed by atoms with van der Waals surface area (Å²) < 4.78 is 6.43. The van der Waals surface area contributed by atoms with Gasteiger partial charge in [0.15, 0.2) is 0 Å². The maximum absolute atomic E-state index is 5.31. The van der Waals surface area contributed by atoms with E-state index in [4.69, 9.17) is 4.74 Å². The van der Waals surface area contributed by atoms with Gasteiger partial charge in [0.25, 0.3) is 0 Å². The van der Waals surface area contributed by atoms with Crippen molar-refractivity contribution in [2.45, 2.75) is 45.8 Å². The first-order chi connectivity index (χ1) is 9.10. The molecule has 1 aliphatic carbocycles. The van der Waals surface area contributed by atoms with Gasteiger partial charge < -0.3 is 10.1 Å². The van der Waals surface area contributed by atoms with Gasteiger partial charge in [-0.15, -0.1) is 0 Å². The number of methoxy groups -OCH3 is 1. The molecule has 0 radical (unpaired) electrons. The number of ether oxygens (including phenoxy) is 1. The fraction of sp³-hybridized carbons (Fsp3) is 0.625. The van der Waals surface area contributed by atoms with Crippen molar-refractivity contribution in [1.29, 1.82) is 0 Å². The quantitative estimate of drug-likeness (QED) is 0.855. The van der Waals surface area contributed by atoms with Gasteiger partial charge in [-0.3, -0.25) is 0 Å². The molecule has 2 atom stereocenters. The average molecular weight is 326 g/mol. The van der Waals surface area contributed by atoms with E-state index in [1.54, 1.807) is 7.11 Å². The van der Waals surface area contributed by atoms with Crippen LogP contribution in [0.1, 0.15) is 38.7 Å². The summed E-state index contributed by atoms with van der Waals surface area (Å²) in [6.07, 6.45) is 3.90. The summed E-state index contributed by atoms with van der Waals surface area (Å²) in [4.78, 5) is 0. The Morgan fingerprint density at radius 1 is 1.21 bits per heavy atom. The van der Waals surface area contributed by atoms with Gasteiger partial charge in [0, 0.05) is 28.9 Å². The van der Waals surface area contributed by atoms with Crippen LogP contribution in [0.15, 0.2) is 22.7 Å². The molecule has 1 fully saturated rings. The van der Waals surface area contributed by atoms with E-state index >= 15 is 0 Å². The summed E-state index contributed by atoms with van der Waals surface area (Å²) in [6, 6.07) is 6.90. The van der Waals surface area contributed by atoms with Crippen molar-refractivity contribution < 1.29 is 4.74 Å².